The van der Waals surface area contributed by atoms with E-state index in [2.05, 4.69) is 14.8 Å². The Labute approximate surface area is 175 Å². The standard InChI is InChI=1S/C24H28FN3O2/c25-20-6-1-4-16(10-20)11-22-19-12-18(21-7-2-8-23(29)28(21)22)14-27(15-19)13-17-5-3-9-26-24(17)30/h1,3-6,9-10,18-19,21-22H,2,7-8,11-15H2,(H,26,30)/t18-,19+,21+,22+/m1/s1. The first-order valence-corrected chi connectivity index (χ1v) is 11.0. The summed E-state index contributed by atoms with van der Waals surface area (Å²) in [6.45, 7) is 2.42. The molecule has 1 aromatic heterocycles. The normalized spacial score (nSPS) is 29.0. The fraction of sp³-hybridized carbons (Fsp3) is 0.500. The number of fused-ring (bicyclic) bond motifs is 4. The minimum Gasteiger partial charge on any atom is -0.336 e. The van der Waals surface area contributed by atoms with Crippen LogP contribution in [0.3, 0.4) is 0 Å². The van der Waals surface area contributed by atoms with E-state index >= 15 is 0 Å². The molecular formula is C24H28FN3O2. The van der Waals surface area contributed by atoms with Gasteiger partial charge in [-0.1, -0.05) is 18.2 Å². The monoisotopic (exact) mass is 409 g/mol. The van der Waals surface area contributed by atoms with E-state index in [1.54, 1.807) is 18.3 Å². The first-order valence-electron chi connectivity index (χ1n) is 11.0. The number of likely N-dealkylation sites (tertiary alicyclic amines) is 1. The largest absolute Gasteiger partial charge is 0.336 e. The number of carbonyl (C=O) groups is 1. The Kier molecular flexibility index (Phi) is 5.19. The number of nitrogens with zero attached hydrogens (tertiary/aromatic N) is 2. The second-order valence-electron chi connectivity index (χ2n) is 9.14. The summed E-state index contributed by atoms with van der Waals surface area (Å²) in [4.78, 5) is 32.4. The number of hydrogen-bond acceptors (Lipinski definition) is 3. The van der Waals surface area contributed by atoms with Gasteiger partial charge in [0.1, 0.15) is 5.82 Å². The predicted molar refractivity (Wildman–Crippen MR) is 112 cm³/mol. The van der Waals surface area contributed by atoms with Gasteiger partial charge in [-0.05, 0) is 61.3 Å². The molecule has 3 fully saturated rings. The lowest BCUT2D eigenvalue weighted by molar-refractivity contribution is -0.152. The van der Waals surface area contributed by atoms with Crippen molar-refractivity contribution >= 4 is 5.91 Å². The average Bonchev–Trinajstić information content (AvgIpc) is 2.73. The Morgan fingerprint density at radius 2 is 1.97 bits per heavy atom. The quantitative estimate of drug-likeness (QED) is 0.845. The molecule has 3 saturated heterocycles. The molecule has 3 aliphatic heterocycles. The lowest BCUT2D eigenvalue weighted by atomic mass is 9.70. The van der Waals surface area contributed by atoms with Crippen molar-refractivity contribution in [1.82, 2.24) is 14.8 Å². The number of nitrogens with one attached hydrogen (secondary N) is 1. The van der Waals surface area contributed by atoms with Crippen LogP contribution in [-0.2, 0) is 17.8 Å². The van der Waals surface area contributed by atoms with Gasteiger partial charge in [-0.15, -0.1) is 0 Å². The van der Waals surface area contributed by atoms with Gasteiger partial charge in [0.15, 0.2) is 0 Å². The van der Waals surface area contributed by atoms with Crippen LogP contribution in [0.2, 0.25) is 0 Å². The van der Waals surface area contributed by atoms with Gasteiger partial charge in [-0.3, -0.25) is 14.5 Å². The minimum absolute atomic E-state index is 0.0287. The van der Waals surface area contributed by atoms with Gasteiger partial charge in [0.05, 0.1) is 0 Å². The third kappa shape index (κ3) is 3.69. The maximum absolute atomic E-state index is 13.8. The Morgan fingerprint density at radius 3 is 2.80 bits per heavy atom. The van der Waals surface area contributed by atoms with Gasteiger partial charge in [-0.2, -0.15) is 0 Å². The first-order chi connectivity index (χ1) is 14.6. The van der Waals surface area contributed by atoms with E-state index in [4.69, 9.17) is 0 Å². The van der Waals surface area contributed by atoms with Crippen molar-refractivity contribution in [1.29, 1.82) is 0 Å². The summed E-state index contributed by atoms with van der Waals surface area (Å²) in [7, 11) is 0. The van der Waals surface area contributed by atoms with E-state index in [1.165, 1.54) is 6.07 Å². The van der Waals surface area contributed by atoms with Crippen LogP contribution in [0.5, 0.6) is 0 Å². The number of carbonyl (C=O) groups excluding carboxylic acids is 1. The van der Waals surface area contributed by atoms with Crippen LogP contribution in [0.25, 0.3) is 0 Å². The molecule has 0 aliphatic carbocycles. The molecule has 3 aliphatic rings. The SMILES string of the molecule is O=C1CCC[C@H]2[C@@H]3C[C@@H](CN(Cc4ccc[nH]c4=O)C3)[C@H](Cc3cccc(F)c3)N12. The van der Waals surface area contributed by atoms with Crippen LogP contribution in [0, 0.1) is 17.7 Å². The van der Waals surface area contributed by atoms with Crippen LogP contribution in [0.1, 0.15) is 36.8 Å². The summed E-state index contributed by atoms with van der Waals surface area (Å²) in [6, 6.07) is 10.9. The van der Waals surface area contributed by atoms with Gasteiger partial charge in [0, 0.05) is 49.9 Å². The molecule has 5 rings (SSSR count). The molecule has 0 unspecified atom stereocenters. The lowest BCUT2D eigenvalue weighted by Crippen LogP contribution is -2.65. The third-order valence-corrected chi connectivity index (χ3v) is 7.20. The van der Waals surface area contributed by atoms with E-state index in [-0.39, 0.29) is 29.4 Å². The van der Waals surface area contributed by atoms with E-state index in [0.717, 1.165) is 43.5 Å². The van der Waals surface area contributed by atoms with E-state index < -0.39 is 0 Å². The van der Waals surface area contributed by atoms with Crippen molar-refractivity contribution in [2.24, 2.45) is 11.8 Å². The van der Waals surface area contributed by atoms with Crippen molar-refractivity contribution in [3.63, 3.8) is 0 Å². The van der Waals surface area contributed by atoms with Crippen LogP contribution < -0.4 is 5.56 Å². The predicted octanol–water partition coefficient (Wildman–Crippen LogP) is 2.96. The highest BCUT2D eigenvalue weighted by atomic mass is 19.1. The Balaban J connectivity index is 1.42. The summed E-state index contributed by atoms with van der Waals surface area (Å²) in [5, 5.41) is 0. The molecule has 30 heavy (non-hydrogen) atoms. The first kappa shape index (κ1) is 19.5. The number of aromatic amines is 1. The summed E-state index contributed by atoms with van der Waals surface area (Å²) in [5.74, 6) is 0.819. The van der Waals surface area contributed by atoms with Crippen molar-refractivity contribution in [3.05, 3.63) is 69.9 Å². The molecule has 4 heterocycles. The number of aromatic nitrogens is 1. The molecule has 0 radical (unpaired) electrons. The Morgan fingerprint density at radius 1 is 1.10 bits per heavy atom. The zero-order chi connectivity index (χ0) is 20.7. The molecule has 0 saturated carbocycles. The fourth-order valence-corrected chi connectivity index (χ4v) is 5.99. The highest BCUT2D eigenvalue weighted by Crippen LogP contribution is 2.42. The number of halogens is 1. The van der Waals surface area contributed by atoms with Gasteiger partial charge < -0.3 is 9.88 Å². The topological polar surface area (TPSA) is 56.4 Å². The molecule has 2 aromatic rings. The van der Waals surface area contributed by atoms with Crippen molar-refractivity contribution in [2.75, 3.05) is 13.1 Å². The molecule has 0 spiro atoms. The van der Waals surface area contributed by atoms with Crippen LogP contribution in [0.15, 0.2) is 47.4 Å². The maximum atomic E-state index is 13.8. The second kappa shape index (κ2) is 7.99. The summed E-state index contributed by atoms with van der Waals surface area (Å²) < 4.78 is 13.8. The molecule has 1 aromatic carbocycles. The fourth-order valence-electron chi connectivity index (χ4n) is 5.99. The highest BCUT2D eigenvalue weighted by molar-refractivity contribution is 5.78. The number of hydrogen-bond donors (Lipinski definition) is 1. The number of pyridine rings is 1. The molecule has 1 N–H and O–H groups in total. The minimum atomic E-state index is -0.226. The zero-order valence-electron chi connectivity index (χ0n) is 17.1. The van der Waals surface area contributed by atoms with Gasteiger partial charge in [0.25, 0.3) is 5.56 Å². The summed E-state index contributed by atoms with van der Waals surface area (Å²) in [5.41, 5.74) is 1.71. The maximum Gasteiger partial charge on any atom is 0.252 e. The molecule has 158 valence electrons. The van der Waals surface area contributed by atoms with Crippen molar-refractivity contribution in [3.8, 4) is 0 Å². The Hall–Kier alpha value is -2.47. The molecule has 6 heteroatoms. The van der Waals surface area contributed by atoms with Gasteiger partial charge in [0.2, 0.25) is 5.91 Å². The number of H-pyrrole nitrogens is 1. The number of amides is 1. The number of benzene rings is 1. The van der Waals surface area contributed by atoms with Gasteiger partial charge >= 0.3 is 0 Å². The number of piperidine rings is 3. The van der Waals surface area contributed by atoms with Crippen LogP contribution in [-0.4, -0.2) is 45.9 Å². The highest BCUT2D eigenvalue weighted by Gasteiger charge is 2.49. The van der Waals surface area contributed by atoms with Crippen molar-refractivity contribution < 1.29 is 9.18 Å². The summed E-state index contributed by atoms with van der Waals surface area (Å²) >= 11 is 0. The molecule has 2 bridgehead atoms. The van der Waals surface area contributed by atoms with Gasteiger partial charge in [-0.25, -0.2) is 4.39 Å². The number of rotatable bonds is 4. The molecule has 1 amide bonds. The molecule has 5 nitrogen and oxygen atoms in total. The van der Waals surface area contributed by atoms with E-state index in [0.29, 0.717) is 31.2 Å². The Bertz CT molecular complexity index is 990. The zero-order valence-corrected chi connectivity index (χ0v) is 17.1. The third-order valence-electron chi connectivity index (χ3n) is 7.20. The molecular weight excluding hydrogens is 381 g/mol. The average molecular weight is 410 g/mol. The van der Waals surface area contributed by atoms with Crippen molar-refractivity contribution in [2.45, 2.75) is 50.7 Å². The molecule has 4 atom stereocenters. The van der Waals surface area contributed by atoms with Crippen LogP contribution in [0.4, 0.5) is 4.39 Å². The second-order valence-corrected chi connectivity index (χ2v) is 9.14. The lowest BCUT2D eigenvalue weighted by Gasteiger charge is -2.56. The summed E-state index contributed by atoms with van der Waals surface area (Å²) in [6.07, 6.45) is 6.08. The van der Waals surface area contributed by atoms with Crippen LogP contribution >= 0.6 is 0 Å². The van der Waals surface area contributed by atoms with E-state index in [9.17, 15) is 14.0 Å². The smallest absolute Gasteiger partial charge is 0.252 e. The van der Waals surface area contributed by atoms with E-state index in [1.807, 2.05) is 18.2 Å².